The van der Waals surface area contributed by atoms with Gasteiger partial charge in [-0.3, -0.25) is 0 Å². The molecule has 0 amide bonds. The lowest BCUT2D eigenvalue weighted by atomic mass is 10.1. The Kier molecular flexibility index (Phi) is 3.17. The molecule has 0 aliphatic heterocycles. The summed E-state index contributed by atoms with van der Waals surface area (Å²) in [5.74, 6) is -0.243. The molecule has 1 aromatic carbocycles. The van der Waals surface area contributed by atoms with Gasteiger partial charge in [-0.1, -0.05) is 12.1 Å². The van der Waals surface area contributed by atoms with Gasteiger partial charge in [0, 0.05) is 11.8 Å². The van der Waals surface area contributed by atoms with Gasteiger partial charge in [0.05, 0.1) is 4.47 Å². The van der Waals surface area contributed by atoms with E-state index in [1.54, 1.807) is 12.3 Å². The van der Waals surface area contributed by atoms with E-state index in [1.165, 1.54) is 12.1 Å². The molecule has 1 nitrogen and oxygen atoms in total. The SMILES string of the molecule is Fc1cccc(-c2ccnc(Br)c2Br)c1. The number of halogens is 3. The van der Waals surface area contributed by atoms with Gasteiger partial charge < -0.3 is 0 Å². The van der Waals surface area contributed by atoms with Crippen LogP contribution in [-0.2, 0) is 0 Å². The van der Waals surface area contributed by atoms with Crippen LogP contribution in [0.4, 0.5) is 4.39 Å². The summed E-state index contributed by atoms with van der Waals surface area (Å²) in [5, 5.41) is 0. The minimum atomic E-state index is -0.243. The third kappa shape index (κ3) is 2.26. The molecular formula is C11H6Br2FN. The molecule has 76 valence electrons. The monoisotopic (exact) mass is 329 g/mol. The molecule has 0 saturated heterocycles. The first-order valence-electron chi connectivity index (χ1n) is 4.24. The second-order valence-corrected chi connectivity index (χ2v) is 4.52. The smallest absolute Gasteiger partial charge is 0.123 e. The highest BCUT2D eigenvalue weighted by atomic mass is 79.9. The molecule has 0 fully saturated rings. The van der Waals surface area contributed by atoms with Crippen LogP contribution in [0.5, 0.6) is 0 Å². The molecule has 0 unspecified atom stereocenters. The second-order valence-electron chi connectivity index (χ2n) is 2.97. The summed E-state index contributed by atoms with van der Waals surface area (Å²) in [7, 11) is 0. The van der Waals surface area contributed by atoms with E-state index < -0.39 is 0 Å². The summed E-state index contributed by atoms with van der Waals surface area (Å²) in [6.07, 6.45) is 1.68. The topological polar surface area (TPSA) is 12.9 Å². The fraction of sp³-hybridized carbons (Fsp3) is 0. The van der Waals surface area contributed by atoms with Gasteiger partial charge in [-0.15, -0.1) is 0 Å². The molecule has 2 aromatic rings. The van der Waals surface area contributed by atoms with Crippen molar-refractivity contribution in [3.63, 3.8) is 0 Å². The van der Waals surface area contributed by atoms with Crippen molar-refractivity contribution in [2.24, 2.45) is 0 Å². The first-order valence-corrected chi connectivity index (χ1v) is 5.83. The van der Waals surface area contributed by atoms with Crippen molar-refractivity contribution >= 4 is 31.9 Å². The lowest BCUT2D eigenvalue weighted by molar-refractivity contribution is 0.628. The Balaban J connectivity index is 2.59. The Morgan fingerprint density at radius 2 is 1.93 bits per heavy atom. The maximum absolute atomic E-state index is 13.0. The van der Waals surface area contributed by atoms with Gasteiger partial charge in [-0.2, -0.15) is 0 Å². The number of pyridine rings is 1. The summed E-state index contributed by atoms with van der Waals surface area (Å²) in [5.41, 5.74) is 1.74. The van der Waals surface area contributed by atoms with Crippen LogP contribution in [0.3, 0.4) is 0 Å². The number of nitrogens with zero attached hydrogens (tertiary/aromatic N) is 1. The molecule has 1 aromatic heterocycles. The fourth-order valence-electron chi connectivity index (χ4n) is 1.30. The minimum absolute atomic E-state index is 0.243. The third-order valence-corrected chi connectivity index (χ3v) is 3.92. The maximum Gasteiger partial charge on any atom is 0.123 e. The van der Waals surface area contributed by atoms with Gasteiger partial charge in [0.1, 0.15) is 10.4 Å². The van der Waals surface area contributed by atoms with Crippen LogP contribution in [-0.4, -0.2) is 4.98 Å². The van der Waals surface area contributed by atoms with Gasteiger partial charge in [-0.05, 0) is 55.6 Å². The number of rotatable bonds is 1. The zero-order chi connectivity index (χ0) is 10.8. The van der Waals surface area contributed by atoms with Crippen molar-refractivity contribution < 1.29 is 4.39 Å². The predicted molar refractivity (Wildman–Crippen MR) is 65.0 cm³/mol. The molecule has 1 heterocycles. The predicted octanol–water partition coefficient (Wildman–Crippen LogP) is 4.41. The van der Waals surface area contributed by atoms with Crippen LogP contribution in [0.1, 0.15) is 0 Å². The van der Waals surface area contributed by atoms with Crippen LogP contribution >= 0.6 is 31.9 Å². The van der Waals surface area contributed by atoms with Crippen LogP contribution in [0.2, 0.25) is 0 Å². The molecule has 0 saturated carbocycles. The third-order valence-electron chi connectivity index (χ3n) is 1.98. The van der Waals surface area contributed by atoms with E-state index in [2.05, 4.69) is 36.8 Å². The van der Waals surface area contributed by atoms with Crippen molar-refractivity contribution in [1.29, 1.82) is 0 Å². The minimum Gasteiger partial charge on any atom is -0.248 e. The zero-order valence-electron chi connectivity index (χ0n) is 7.55. The molecule has 0 atom stereocenters. The second kappa shape index (κ2) is 4.41. The molecule has 4 heteroatoms. The Bertz CT molecular complexity index is 500. The Morgan fingerprint density at radius 1 is 1.13 bits per heavy atom. The normalized spacial score (nSPS) is 10.3. The standard InChI is InChI=1S/C11H6Br2FN/c12-10-9(4-5-15-11(10)13)7-2-1-3-8(14)6-7/h1-6H. The average Bonchev–Trinajstić information content (AvgIpc) is 2.22. The summed E-state index contributed by atoms with van der Waals surface area (Å²) in [4.78, 5) is 4.06. The molecule has 0 N–H and O–H groups in total. The molecule has 0 spiro atoms. The highest BCUT2D eigenvalue weighted by Crippen LogP contribution is 2.32. The van der Waals surface area contributed by atoms with Crippen molar-refractivity contribution in [2.75, 3.05) is 0 Å². The number of hydrogen-bond donors (Lipinski definition) is 0. The van der Waals surface area contributed by atoms with E-state index in [1.807, 2.05) is 12.1 Å². The van der Waals surface area contributed by atoms with Crippen LogP contribution in [0, 0.1) is 5.82 Å². The summed E-state index contributed by atoms with van der Waals surface area (Å²) in [6, 6.07) is 8.30. The molecule has 0 bridgehead atoms. The lowest BCUT2D eigenvalue weighted by Gasteiger charge is -2.05. The van der Waals surface area contributed by atoms with E-state index in [0.717, 1.165) is 15.6 Å². The Labute approximate surface area is 104 Å². The molecule has 0 radical (unpaired) electrons. The van der Waals surface area contributed by atoms with Crippen LogP contribution in [0.25, 0.3) is 11.1 Å². The highest BCUT2D eigenvalue weighted by molar-refractivity contribution is 9.13. The molecule has 0 aliphatic rings. The van der Waals surface area contributed by atoms with Gasteiger partial charge >= 0.3 is 0 Å². The quantitative estimate of drug-likeness (QED) is 0.706. The van der Waals surface area contributed by atoms with Crippen molar-refractivity contribution in [3.8, 4) is 11.1 Å². The van der Waals surface area contributed by atoms with E-state index in [9.17, 15) is 4.39 Å². The van der Waals surface area contributed by atoms with Crippen LogP contribution in [0.15, 0.2) is 45.6 Å². The van der Waals surface area contributed by atoms with E-state index >= 15 is 0 Å². The van der Waals surface area contributed by atoms with Gasteiger partial charge in [0.2, 0.25) is 0 Å². The summed E-state index contributed by atoms with van der Waals surface area (Å²) >= 11 is 6.72. The molecular weight excluding hydrogens is 325 g/mol. The Hall–Kier alpha value is -0.740. The van der Waals surface area contributed by atoms with Crippen LogP contribution < -0.4 is 0 Å². The lowest BCUT2D eigenvalue weighted by Crippen LogP contribution is -1.84. The van der Waals surface area contributed by atoms with Crippen molar-refractivity contribution in [2.45, 2.75) is 0 Å². The molecule has 2 rings (SSSR count). The summed E-state index contributed by atoms with van der Waals surface area (Å²) in [6.45, 7) is 0. The largest absolute Gasteiger partial charge is 0.248 e. The van der Waals surface area contributed by atoms with Gasteiger partial charge in [0.25, 0.3) is 0 Å². The average molecular weight is 331 g/mol. The van der Waals surface area contributed by atoms with E-state index in [0.29, 0.717) is 4.60 Å². The first-order chi connectivity index (χ1) is 7.18. The fourth-order valence-corrected chi connectivity index (χ4v) is 2.09. The van der Waals surface area contributed by atoms with E-state index in [-0.39, 0.29) is 5.82 Å². The Morgan fingerprint density at radius 3 is 2.67 bits per heavy atom. The summed E-state index contributed by atoms with van der Waals surface area (Å²) < 4.78 is 14.6. The number of hydrogen-bond acceptors (Lipinski definition) is 1. The van der Waals surface area contributed by atoms with Crippen molar-refractivity contribution in [3.05, 3.63) is 51.4 Å². The van der Waals surface area contributed by atoms with Crippen molar-refractivity contribution in [1.82, 2.24) is 4.98 Å². The number of aromatic nitrogens is 1. The van der Waals surface area contributed by atoms with Gasteiger partial charge in [-0.25, -0.2) is 9.37 Å². The molecule has 15 heavy (non-hydrogen) atoms. The molecule has 0 aliphatic carbocycles. The van der Waals surface area contributed by atoms with Gasteiger partial charge in [0.15, 0.2) is 0 Å². The first kappa shape index (κ1) is 10.8. The van der Waals surface area contributed by atoms with E-state index in [4.69, 9.17) is 0 Å². The maximum atomic E-state index is 13.0. The highest BCUT2D eigenvalue weighted by Gasteiger charge is 2.07. The zero-order valence-corrected chi connectivity index (χ0v) is 10.7. The number of benzene rings is 1.